The summed E-state index contributed by atoms with van der Waals surface area (Å²) in [6.45, 7) is 7.44. The van der Waals surface area contributed by atoms with Gasteiger partial charge in [0.1, 0.15) is 17.1 Å². The number of likely N-dealkylation sites (tertiary alicyclic amines) is 1. The fourth-order valence-electron chi connectivity index (χ4n) is 2.47. The van der Waals surface area contributed by atoms with E-state index in [0.717, 1.165) is 25.9 Å². The molecule has 0 spiro atoms. The predicted octanol–water partition coefficient (Wildman–Crippen LogP) is 3.38. The average molecular weight is 352 g/mol. The van der Waals surface area contributed by atoms with Gasteiger partial charge in [0.2, 0.25) is 0 Å². The first kappa shape index (κ1) is 18.9. The molecule has 0 atom stereocenters. The highest BCUT2D eigenvalue weighted by Gasteiger charge is 2.22. The monoisotopic (exact) mass is 352 g/mol. The summed E-state index contributed by atoms with van der Waals surface area (Å²) >= 11 is 0. The molecule has 0 aliphatic carbocycles. The molecule has 2 aliphatic rings. The van der Waals surface area contributed by atoms with Crippen LogP contribution in [0.15, 0.2) is 18.2 Å². The summed E-state index contributed by atoms with van der Waals surface area (Å²) in [6.07, 6.45) is 3.30. The molecule has 2 amide bonds. The molecule has 1 fully saturated rings. The minimum Gasteiger partial charge on any atom is -0.508 e. The molecule has 2 aliphatic heterocycles. The van der Waals surface area contributed by atoms with Crippen molar-refractivity contribution in [2.75, 3.05) is 25.0 Å². The summed E-state index contributed by atoms with van der Waals surface area (Å²) in [6, 6.07) is 4.58. The van der Waals surface area contributed by atoms with Gasteiger partial charge >= 0.3 is 6.09 Å². The molecule has 2 heterocycles. The van der Waals surface area contributed by atoms with Crippen molar-refractivity contribution >= 4 is 17.7 Å². The lowest BCUT2D eigenvalue weighted by Gasteiger charge is -2.29. The Morgan fingerprint density at radius 1 is 1.28 bits per heavy atom. The van der Waals surface area contributed by atoms with Crippen LogP contribution in [0, 0.1) is 0 Å². The second-order valence-corrected chi connectivity index (χ2v) is 7.05. The number of hydrogen-bond acceptors (Lipinski definition) is 5. The largest absolute Gasteiger partial charge is 0.508 e. The molecule has 3 rings (SSSR count). The van der Waals surface area contributed by atoms with Gasteiger partial charge in [-0.2, -0.15) is 0 Å². The number of carbonyl (C=O) groups is 2. The number of fused-ring (bicyclic) bond motifs is 1. The number of phenolic OH excluding ortho intramolecular Hbond substituents is 1. The van der Waals surface area contributed by atoms with E-state index in [1.54, 1.807) is 11.0 Å². The minimum absolute atomic E-state index is 0. The van der Waals surface area contributed by atoms with E-state index in [-0.39, 0.29) is 31.4 Å². The van der Waals surface area contributed by atoms with Crippen LogP contribution in [-0.2, 0) is 9.53 Å². The number of amides is 2. The fourth-order valence-corrected chi connectivity index (χ4v) is 2.47. The Kier molecular flexibility index (Phi) is 6.12. The number of benzene rings is 1. The fraction of sp³-hybridized carbons (Fsp3) is 0.556. The Morgan fingerprint density at radius 3 is 2.60 bits per heavy atom. The zero-order valence-electron chi connectivity index (χ0n) is 15.0. The first-order valence-electron chi connectivity index (χ1n) is 8.48. The number of phenols is 1. The quantitative estimate of drug-likeness (QED) is 0.747. The van der Waals surface area contributed by atoms with E-state index in [1.807, 2.05) is 20.8 Å². The van der Waals surface area contributed by atoms with Gasteiger partial charge in [0, 0.05) is 20.6 Å². The Balaban J connectivity index is 0.000000251. The molecule has 0 unspecified atom stereocenters. The van der Waals surface area contributed by atoms with Gasteiger partial charge in [0.05, 0.1) is 5.69 Å². The molecule has 140 valence electrons. The van der Waals surface area contributed by atoms with E-state index in [9.17, 15) is 9.59 Å². The third kappa shape index (κ3) is 6.17. The van der Waals surface area contributed by atoms with E-state index < -0.39 is 0 Å². The number of anilines is 1. The zero-order valence-corrected chi connectivity index (χ0v) is 15.0. The zero-order chi connectivity index (χ0) is 18.4. The number of nitrogens with zero attached hydrogens (tertiary/aromatic N) is 1. The highest BCUT2D eigenvalue weighted by Crippen LogP contribution is 2.30. The Hall–Kier alpha value is -2.44. The van der Waals surface area contributed by atoms with Crippen molar-refractivity contribution in [1.82, 2.24) is 4.90 Å². The number of rotatable bonds is 0. The van der Waals surface area contributed by atoms with Crippen molar-refractivity contribution in [2.24, 2.45) is 0 Å². The van der Waals surface area contributed by atoms with E-state index >= 15 is 0 Å². The summed E-state index contributed by atoms with van der Waals surface area (Å²) in [5, 5.41) is 11.6. The van der Waals surface area contributed by atoms with E-state index in [2.05, 4.69) is 5.32 Å². The van der Waals surface area contributed by atoms with Gasteiger partial charge in [-0.05, 0) is 52.2 Å². The standard InChI is InChI=1S/C10H19NO2.C8H7NO3.H2/c1-10(2,3)13-9(12)11-7-5-4-6-8-11;10-5-1-2-7-6(3-5)9-8(11)4-12-7;/h4-8H2,1-3H3;1-3,10H,4H2,(H,9,11);1H. The molecule has 1 aromatic carbocycles. The molecule has 1 saturated heterocycles. The number of ether oxygens (including phenoxy) is 2. The molecule has 1 aromatic rings. The molecule has 7 heteroatoms. The Morgan fingerprint density at radius 2 is 1.96 bits per heavy atom. The number of carbonyl (C=O) groups excluding carboxylic acids is 2. The summed E-state index contributed by atoms with van der Waals surface area (Å²) in [4.78, 5) is 24.1. The second-order valence-electron chi connectivity index (χ2n) is 7.05. The first-order chi connectivity index (χ1) is 11.7. The smallest absolute Gasteiger partial charge is 0.410 e. The second kappa shape index (κ2) is 8.09. The SMILES string of the molecule is CC(C)(C)OC(=O)N1CCCCC1.O=C1COc2ccc(O)cc2N1.[HH]. The number of piperidine rings is 1. The van der Waals surface area contributed by atoms with Gasteiger partial charge in [-0.15, -0.1) is 0 Å². The van der Waals surface area contributed by atoms with Gasteiger partial charge in [-0.25, -0.2) is 4.79 Å². The molecular weight excluding hydrogens is 324 g/mol. The molecule has 25 heavy (non-hydrogen) atoms. The van der Waals surface area contributed by atoms with Crippen LogP contribution < -0.4 is 10.1 Å². The molecule has 0 aromatic heterocycles. The maximum Gasteiger partial charge on any atom is 0.410 e. The third-order valence-corrected chi connectivity index (χ3v) is 3.60. The molecule has 0 bridgehead atoms. The highest BCUT2D eigenvalue weighted by atomic mass is 16.6. The summed E-state index contributed by atoms with van der Waals surface area (Å²) in [5.41, 5.74) is 0.153. The minimum atomic E-state index is -0.367. The average Bonchev–Trinajstić information content (AvgIpc) is 2.54. The van der Waals surface area contributed by atoms with Crippen LogP contribution in [0.2, 0.25) is 0 Å². The topological polar surface area (TPSA) is 88.1 Å². The number of nitrogens with one attached hydrogen (secondary N) is 1. The van der Waals surface area contributed by atoms with Crippen LogP contribution in [0.1, 0.15) is 41.5 Å². The van der Waals surface area contributed by atoms with Crippen LogP contribution in [0.3, 0.4) is 0 Å². The van der Waals surface area contributed by atoms with Crippen LogP contribution >= 0.6 is 0 Å². The van der Waals surface area contributed by atoms with Crippen molar-refractivity contribution in [3.63, 3.8) is 0 Å². The lowest BCUT2D eigenvalue weighted by Crippen LogP contribution is -2.39. The molecule has 7 nitrogen and oxygen atoms in total. The van der Waals surface area contributed by atoms with Crippen molar-refractivity contribution in [3.8, 4) is 11.5 Å². The highest BCUT2D eigenvalue weighted by molar-refractivity contribution is 5.95. The van der Waals surface area contributed by atoms with Crippen LogP contribution in [0.5, 0.6) is 11.5 Å². The molecule has 2 N–H and O–H groups in total. The number of aromatic hydroxyl groups is 1. The summed E-state index contributed by atoms with van der Waals surface area (Å²) in [7, 11) is 0. The summed E-state index contributed by atoms with van der Waals surface area (Å²) in [5.74, 6) is 0.500. The normalized spacial score (nSPS) is 16.6. The lowest BCUT2D eigenvalue weighted by atomic mass is 10.1. The van der Waals surface area contributed by atoms with Crippen LogP contribution in [-0.4, -0.2) is 47.3 Å². The van der Waals surface area contributed by atoms with Gasteiger partial charge in [-0.3, -0.25) is 4.79 Å². The maximum absolute atomic E-state index is 11.5. The van der Waals surface area contributed by atoms with Crippen LogP contribution in [0.4, 0.5) is 10.5 Å². The first-order valence-corrected chi connectivity index (χ1v) is 8.48. The lowest BCUT2D eigenvalue weighted by molar-refractivity contribution is -0.118. The van der Waals surface area contributed by atoms with Crippen molar-refractivity contribution < 1.29 is 25.6 Å². The van der Waals surface area contributed by atoms with Crippen molar-refractivity contribution in [2.45, 2.75) is 45.6 Å². The van der Waals surface area contributed by atoms with E-state index in [4.69, 9.17) is 14.6 Å². The van der Waals surface area contributed by atoms with Crippen molar-refractivity contribution in [3.05, 3.63) is 18.2 Å². The number of hydrogen-bond donors (Lipinski definition) is 2. The van der Waals surface area contributed by atoms with E-state index in [0.29, 0.717) is 11.4 Å². The molecular formula is C18H28N2O5. The van der Waals surface area contributed by atoms with E-state index in [1.165, 1.54) is 18.6 Å². The van der Waals surface area contributed by atoms with Crippen molar-refractivity contribution in [1.29, 1.82) is 0 Å². The van der Waals surface area contributed by atoms with Gasteiger partial charge in [0.25, 0.3) is 5.91 Å². The Bertz CT molecular complexity index is 624. The van der Waals surface area contributed by atoms with Crippen LogP contribution in [0.25, 0.3) is 0 Å². The molecule has 0 radical (unpaired) electrons. The molecule has 0 saturated carbocycles. The van der Waals surface area contributed by atoms with Gasteiger partial charge in [-0.1, -0.05) is 0 Å². The Labute approximate surface area is 149 Å². The maximum atomic E-state index is 11.5. The van der Waals surface area contributed by atoms with Gasteiger partial charge in [0.15, 0.2) is 6.61 Å². The third-order valence-electron chi connectivity index (χ3n) is 3.60. The summed E-state index contributed by atoms with van der Waals surface area (Å²) < 4.78 is 10.3. The van der Waals surface area contributed by atoms with Gasteiger partial charge < -0.3 is 24.8 Å². The predicted molar refractivity (Wildman–Crippen MR) is 96.0 cm³/mol.